The first kappa shape index (κ1) is 22.5. The van der Waals surface area contributed by atoms with E-state index >= 15 is 0 Å². The smallest absolute Gasteiger partial charge is 0.300 e. The minimum absolute atomic E-state index is 0.0435. The van der Waals surface area contributed by atoms with Gasteiger partial charge in [0.1, 0.15) is 5.76 Å². The van der Waals surface area contributed by atoms with Gasteiger partial charge in [0.2, 0.25) is 0 Å². The number of amides is 1. The third kappa shape index (κ3) is 4.07. The number of pyridine rings is 1. The van der Waals surface area contributed by atoms with Gasteiger partial charge in [0.25, 0.3) is 11.7 Å². The number of carbonyl (C=O) groups excluding carboxylic acids is 2. The maximum absolute atomic E-state index is 13.3. The van der Waals surface area contributed by atoms with Crippen molar-refractivity contribution in [1.29, 1.82) is 0 Å². The van der Waals surface area contributed by atoms with Crippen molar-refractivity contribution in [2.45, 2.75) is 46.1 Å². The van der Waals surface area contributed by atoms with Gasteiger partial charge in [-0.1, -0.05) is 56.7 Å². The molecule has 168 valence electrons. The molecule has 0 radical (unpaired) electrons. The van der Waals surface area contributed by atoms with Gasteiger partial charge in [-0.05, 0) is 60.2 Å². The van der Waals surface area contributed by atoms with Gasteiger partial charge in [0, 0.05) is 23.6 Å². The van der Waals surface area contributed by atoms with Gasteiger partial charge in [-0.15, -0.1) is 0 Å². The first-order chi connectivity index (χ1) is 15.6. The van der Waals surface area contributed by atoms with Gasteiger partial charge in [-0.3, -0.25) is 19.5 Å². The molecule has 0 aliphatic carbocycles. The van der Waals surface area contributed by atoms with Crippen LogP contribution in [0, 0.1) is 13.8 Å². The predicted octanol–water partition coefficient (Wildman–Crippen LogP) is 5.62. The van der Waals surface area contributed by atoms with Gasteiger partial charge < -0.3 is 5.11 Å². The normalized spacial score (nSPS) is 18.1. The SMILES string of the molecule is Cc1ccc(C)c(/C(O)=C2\C(=O)C(=O)N(c3ccc(C(C)(C)C)cc3)C2c2cccnc2)c1. The van der Waals surface area contributed by atoms with Crippen LogP contribution in [0.15, 0.2) is 72.6 Å². The van der Waals surface area contributed by atoms with Gasteiger partial charge in [-0.2, -0.15) is 0 Å². The number of ketones is 1. The standard InChI is InChI=1S/C28H28N2O3/c1-17-8-9-18(2)22(15-17)25(31)23-24(19-7-6-14-29-16-19)30(27(33)26(23)32)21-12-10-20(11-13-21)28(3,4)5/h6-16,24,31H,1-5H3/b25-23+. The molecule has 5 heteroatoms. The van der Waals surface area contributed by atoms with Crippen LogP contribution >= 0.6 is 0 Å². The summed E-state index contributed by atoms with van der Waals surface area (Å²) in [6, 6.07) is 16.1. The topological polar surface area (TPSA) is 70.5 Å². The highest BCUT2D eigenvalue weighted by atomic mass is 16.3. The van der Waals surface area contributed by atoms with E-state index in [2.05, 4.69) is 25.8 Å². The number of aromatic nitrogens is 1. The molecule has 2 heterocycles. The van der Waals surface area contributed by atoms with Crippen LogP contribution in [-0.2, 0) is 15.0 Å². The van der Waals surface area contributed by atoms with Crippen molar-refractivity contribution in [2.75, 3.05) is 4.90 Å². The van der Waals surface area contributed by atoms with Gasteiger partial charge in [-0.25, -0.2) is 0 Å². The summed E-state index contributed by atoms with van der Waals surface area (Å²) in [5, 5.41) is 11.3. The Bertz CT molecular complexity index is 1250. The highest BCUT2D eigenvalue weighted by Gasteiger charge is 2.47. The van der Waals surface area contributed by atoms with Crippen LogP contribution < -0.4 is 4.90 Å². The van der Waals surface area contributed by atoms with E-state index in [0.29, 0.717) is 16.8 Å². The summed E-state index contributed by atoms with van der Waals surface area (Å²) in [7, 11) is 0. The summed E-state index contributed by atoms with van der Waals surface area (Å²) in [6.45, 7) is 10.1. The van der Waals surface area contributed by atoms with Crippen LogP contribution in [0.4, 0.5) is 5.69 Å². The summed E-state index contributed by atoms with van der Waals surface area (Å²) < 4.78 is 0. The van der Waals surface area contributed by atoms with Crippen LogP contribution in [0.2, 0.25) is 0 Å². The van der Waals surface area contributed by atoms with Crippen molar-refractivity contribution in [3.63, 3.8) is 0 Å². The number of aryl methyl sites for hydroxylation is 2. The molecular weight excluding hydrogens is 412 g/mol. The van der Waals surface area contributed by atoms with E-state index in [4.69, 9.17) is 0 Å². The molecule has 33 heavy (non-hydrogen) atoms. The predicted molar refractivity (Wildman–Crippen MR) is 130 cm³/mol. The summed E-state index contributed by atoms with van der Waals surface area (Å²) in [5.74, 6) is -1.54. The molecule has 5 nitrogen and oxygen atoms in total. The number of benzene rings is 2. The number of rotatable bonds is 3. The van der Waals surface area contributed by atoms with Crippen LogP contribution in [-0.4, -0.2) is 21.8 Å². The molecular formula is C28H28N2O3. The number of hydrogen-bond donors (Lipinski definition) is 1. The molecule has 1 aliphatic heterocycles. The number of Topliss-reactive ketones (excluding diaryl/α,β-unsaturated/α-hetero) is 1. The Morgan fingerprint density at radius 2 is 1.70 bits per heavy atom. The Morgan fingerprint density at radius 3 is 2.30 bits per heavy atom. The number of aliphatic hydroxyl groups excluding tert-OH is 1. The number of aliphatic hydroxyl groups is 1. The van der Waals surface area contributed by atoms with E-state index in [0.717, 1.165) is 16.7 Å². The second-order valence-corrected chi connectivity index (χ2v) is 9.57. The Kier molecular flexibility index (Phi) is 5.66. The lowest BCUT2D eigenvalue weighted by Crippen LogP contribution is -2.29. The molecule has 1 N–H and O–H groups in total. The van der Waals surface area contributed by atoms with E-state index in [9.17, 15) is 14.7 Å². The molecule has 0 spiro atoms. The summed E-state index contributed by atoms with van der Waals surface area (Å²) in [4.78, 5) is 32.2. The third-order valence-electron chi connectivity index (χ3n) is 6.10. The number of hydrogen-bond acceptors (Lipinski definition) is 4. The number of carbonyl (C=O) groups is 2. The zero-order valence-electron chi connectivity index (χ0n) is 19.6. The molecule has 1 saturated heterocycles. The van der Waals surface area contributed by atoms with Gasteiger partial charge >= 0.3 is 0 Å². The quantitative estimate of drug-likeness (QED) is 0.326. The average molecular weight is 441 g/mol. The van der Waals surface area contributed by atoms with Gasteiger partial charge in [0.05, 0.1) is 11.6 Å². The number of nitrogens with zero attached hydrogens (tertiary/aromatic N) is 2. The summed E-state index contributed by atoms with van der Waals surface area (Å²) >= 11 is 0. The van der Waals surface area contributed by atoms with Gasteiger partial charge in [0.15, 0.2) is 0 Å². The van der Waals surface area contributed by atoms with Crippen LogP contribution in [0.1, 0.15) is 54.6 Å². The first-order valence-electron chi connectivity index (χ1n) is 11.0. The summed E-state index contributed by atoms with van der Waals surface area (Å²) in [5.41, 5.74) is 4.72. The molecule has 1 amide bonds. The largest absolute Gasteiger partial charge is 0.507 e. The molecule has 1 aliphatic rings. The van der Waals surface area contributed by atoms with Crippen LogP contribution in [0.5, 0.6) is 0 Å². The van der Waals surface area contributed by atoms with Crippen LogP contribution in [0.25, 0.3) is 5.76 Å². The first-order valence-corrected chi connectivity index (χ1v) is 11.0. The minimum atomic E-state index is -0.779. The lowest BCUT2D eigenvalue weighted by Gasteiger charge is -2.26. The molecule has 1 atom stereocenters. The summed E-state index contributed by atoms with van der Waals surface area (Å²) in [6.07, 6.45) is 3.27. The number of anilines is 1. The maximum Gasteiger partial charge on any atom is 0.300 e. The maximum atomic E-state index is 13.3. The van der Waals surface area contributed by atoms with E-state index < -0.39 is 17.7 Å². The van der Waals surface area contributed by atoms with E-state index in [1.54, 1.807) is 18.5 Å². The van der Waals surface area contributed by atoms with Crippen molar-refractivity contribution in [1.82, 2.24) is 4.98 Å². The molecule has 0 bridgehead atoms. The molecule has 1 aromatic heterocycles. The second kappa shape index (κ2) is 8.32. The Hall–Kier alpha value is -3.73. The highest BCUT2D eigenvalue weighted by molar-refractivity contribution is 6.51. The molecule has 4 rings (SSSR count). The zero-order chi connectivity index (χ0) is 23.9. The molecule has 2 aromatic carbocycles. The lowest BCUT2D eigenvalue weighted by atomic mass is 9.87. The second-order valence-electron chi connectivity index (χ2n) is 9.57. The molecule has 3 aromatic rings. The molecule has 0 saturated carbocycles. The average Bonchev–Trinajstić information content (AvgIpc) is 3.05. The fourth-order valence-corrected chi connectivity index (χ4v) is 4.21. The van der Waals surface area contributed by atoms with Crippen molar-refractivity contribution < 1.29 is 14.7 Å². The van der Waals surface area contributed by atoms with E-state index in [1.165, 1.54) is 4.90 Å². The monoisotopic (exact) mass is 440 g/mol. The Balaban J connectivity index is 1.92. The fraction of sp³-hybridized carbons (Fsp3) is 0.250. The van der Waals surface area contributed by atoms with Crippen LogP contribution in [0.3, 0.4) is 0 Å². The van der Waals surface area contributed by atoms with E-state index in [-0.39, 0.29) is 16.7 Å². The fourth-order valence-electron chi connectivity index (χ4n) is 4.21. The highest BCUT2D eigenvalue weighted by Crippen LogP contribution is 2.42. The molecule has 1 fully saturated rings. The molecule has 1 unspecified atom stereocenters. The van der Waals surface area contributed by atoms with Crippen molar-refractivity contribution >= 4 is 23.1 Å². The minimum Gasteiger partial charge on any atom is -0.507 e. The van der Waals surface area contributed by atoms with E-state index in [1.807, 2.05) is 62.4 Å². The van der Waals surface area contributed by atoms with Crippen molar-refractivity contribution in [3.8, 4) is 0 Å². The van der Waals surface area contributed by atoms with Crippen molar-refractivity contribution in [2.24, 2.45) is 0 Å². The third-order valence-corrected chi connectivity index (χ3v) is 6.10. The Morgan fingerprint density at radius 1 is 1.00 bits per heavy atom. The van der Waals surface area contributed by atoms with Crippen molar-refractivity contribution in [3.05, 3.63) is 100 Å². The Labute approximate surface area is 194 Å². The zero-order valence-corrected chi connectivity index (χ0v) is 19.6. The lowest BCUT2D eigenvalue weighted by molar-refractivity contribution is -0.132.